The quantitative estimate of drug-likeness (QED) is 0.896. The van der Waals surface area contributed by atoms with Crippen LogP contribution in [0.5, 0.6) is 11.5 Å². The van der Waals surface area contributed by atoms with Gasteiger partial charge >= 0.3 is 0 Å². The van der Waals surface area contributed by atoms with Crippen LogP contribution in [0.25, 0.3) is 0 Å². The molecule has 5 rings (SSSR count). The van der Waals surface area contributed by atoms with Crippen LogP contribution in [0, 0.1) is 17.2 Å². The second kappa shape index (κ2) is 6.56. The van der Waals surface area contributed by atoms with E-state index in [4.69, 9.17) is 9.47 Å². The average Bonchev–Trinajstić information content (AvgIpc) is 3.54. The number of rotatable bonds is 3. The largest absolute Gasteiger partial charge is 0.486 e. The first-order valence-electron chi connectivity index (χ1n) is 9.87. The van der Waals surface area contributed by atoms with Gasteiger partial charge in [-0.2, -0.15) is 5.26 Å². The van der Waals surface area contributed by atoms with E-state index in [1.165, 1.54) is 5.56 Å². The topological polar surface area (TPSA) is 71.4 Å². The normalized spacial score (nSPS) is 27.2. The molecule has 142 valence electrons. The van der Waals surface area contributed by atoms with E-state index in [0.29, 0.717) is 26.1 Å². The summed E-state index contributed by atoms with van der Waals surface area (Å²) >= 11 is 0. The molecule has 1 aliphatic heterocycles. The molecule has 3 unspecified atom stereocenters. The number of nitriles is 1. The fraction of sp³-hybridized carbons (Fsp3) is 0.391. The number of nitrogens with zero attached hydrogens (tertiary/aromatic N) is 1. The molecule has 0 spiro atoms. The lowest BCUT2D eigenvalue weighted by atomic mass is 9.78. The first-order chi connectivity index (χ1) is 13.7. The smallest absolute Gasteiger partial charge is 0.224 e. The summed E-state index contributed by atoms with van der Waals surface area (Å²) in [5, 5.41) is 12.9. The molecule has 5 heteroatoms. The Labute approximate surface area is 164 Å². The summed E-state index contributed by atoms with van der Waals surface area (Å²) in [7, 11) is 0. The van der Waals surface area contributed by atoms with E-state index >= 15 is 0 Å². The Hall–Kier alpha value is -3.00. The number of carbonyl (C=O) groups is 1. The van der Waals surface area contributed by atoms with Crippen molar-refractivity contribution in [2.45, 2.75) is 37.1 Å². The van der Waals surface area contributed by atoms with Crippen LogP contribution >= 0.6 is 0 Å². The first-order valence-corrected chi connectivity index (χ1v) is 9.87. The maximum absolute atomic E-state index is 12.9. The number of amides is 1. The van der Waals surface area contributed by atoms with Gasteiger partial charge in [-0.1, -0.05) is 30.3 Å². The molecule has 3 aliphatic rings. The molecule has 0 saturated heterocycles. The van der Waals surface area contributed by atoms with Crippen molar-refractivity contribution in [3.8, 4) is 17.6 Å². The zero-order valence-corrected chi connectivity index (χ0v) is 15.6. The highest BCUT2D eigenvalue weighted by molar-refractivity contribution is 5.84. The van der Waals surface area contributed by atoms with Gasteiger partial charge in [0, 0.05) is 12.3 Å². The van der Waals surface area contributed by atoms with Crippen LogP contribution < -0.4 is 14.8 Å². The molecule has 1 heterocycles. The van der Waals surface area contributed by atoms with Crippen LogP contribution in [0.2, 0.25) is 0 Å². The van der Waals surface area contributed by atoms with Gasteiger partial charge in [0.25, 0.3) is 0 Å². The average molecular weight is 374 g/mol. The molecule has 5 nitrogen and oxygen atoms in total. The minimum absolute atomic E-state index is 0.0131. The third-order valence-electron chi connectivity index (χ3n) is 6.13. The standard InChI is InChI=1S/C23H22N2O3/c24-14-23(8-7-15-3-1-2-4-17(15)13-23)25-22(26)19-12-18(19)16-5-6-20-21(11-16)28-10-9-27-20/h1-6,11,18-19H,7-10,12-13H2,(H,25,26). The molecule has 0 aromatic heterocycles. The van der Waals surface area contributed by atoms with E-state index < -0.39 is 5.54 Å². The van der Waals surface area contributed by atoms with Crippen LogP contribution in [-0.2, 0) is 17.6 Å². The summed E-state index contributed by atoms with van der Waals surface area (Å²) in [6, 6.07) is 16.5. The maximum Gasteiger partial charge on any atom is 0.224 e. The molecule has 1 amide bonds. The number of fused-ring (bicyclic) bond motifs is 2. The Morgan fingerprint density at radius 2 is 1.89 bits per heavy atom. The third kappa shape index (κ3) is 2.99. The third-order valence-corrected chi connectivity index (χ3v) is 6.13. The predicted octanol–water partition coefficient (Wildman–Crippen LogP) is 3.13. The Balaban J connectivity index is 1.28. The van der Waals surface area contributed by atoms with Gasteiger partial charge < -0.3 is 14.8 Å². The number of carbonyl (C=O) groups excluding carboxylic acids is 1. The molecule has 2 aromatic rings. The molecule has 0 radical (unpaired) electrons. The van der Waals surface area contributed by atoms with Crippen molar-refractivity contribution in [3.05, 3.63) is 59.2 Å². The summed E-state index contributed by atoms with van der Waals surface area (Å²) < 4.78 is 11.2. The van der Waals surface area contributed by atoms with Crippen LogP contribution in [-0.4, -0.2) is 24.7 Å². The lowest BCUT2D eigenvalue weighted by Crippen LogP contribution is -2.51. The first kappa shape index (κ1) is 17.1. The SMILES string of the molecule is N#CC1(NC(=O)C2CC2c2ccc3c(c2)OCCO3)CCc2ccccc2C1. The van der Waals surface area contributed by atoms with Crippen molar-refractivity contribution in [1.82, 2.24) is 5.32 Å². The summed E-state index contributed by atoms with van der Waals surface area (Å²) in [6.07, 6.45) is 2.87. The van der Waals surface area contributed by atoms with Gasteiger partial charge in [-0.05, 0) is 54.0 Å². The molecular weight excluding hydrogens is 352 g/mol. The predicted molar refractivity (Wildman–Crippen MR) is 103 cm³/mol. The Morgan fingerprint density at radius 3 is 2.71 bits per heavy atom. The van der Waals surface area contributed by atoms with Crippen molar-refractivity contribution in [2.75, 3.05) is 13.2 Å². The lowest BCUT2D eigenvalue weighted by Gasteiger charge is -2.33. The number of ether oxygens (including phenoxy) is 2. The monoisotopic (exact) mass is 374 g/mol. The number of hydrogen-bond donors (Lipinski definition) is 1. The Morgan fingerprint density at radius 1 is 1.11 bits per heavy atom. The number of nitrogens with one attached hydrogen (secondary N) is 1. The minimum Gasteiger partial charge on any atom is -0.486 e. The van der Waals surface area contributed by atoms with Gasteiger partial charge in [-0.25, -0.2) is 0 Å². The van der Waals surface area contributed by atoms with E-state index in [-0.39, 0.29) is 17.7 Å². The zero-order valence-electron chi connectivity index (χ0n) is 15.6. The van der Waals surface area contributed by atoms with Gasteiger partial charge in [0.15, 0.2) is 11.5 Å². The van der Waals surface area contributed by atoms with Gasteiger partial charge in [-0.3, -0.25) is 4.79 Å². The van der Waals surface area contributed by atoms with Crippen LogP contribution in [0.15, 0.2) is 42.5 Å². The summed E-state index contributed by atoms with van der Waals surface area (Å²) in [6.45, 7) is 1.12. The fourth-order valence-corrected chi connectivity index (χ4v) is 4.44. The molecule has 0 bridgehead atoms. The second-order valence-electron chi connectivity index (χ2n) is 7.98. The lowest BCUT2D eigenvalue weighted by molar-refractivity contribution is -0.123. The number of benzene rings is 2. The molecule has 28 heavy (non-hydrogen) atoms. The number of hydrogen-bond acceptors (Lipinski definition) is 4. The molecular formula is C23H22N2O3. The maximum atomic E-state index is 12.9. The molecule has 1 saturated carbocycles. The van der Waals surface area contributed by atoms with E-state index in [0.717, 1.165) is 35.5 Å². The second-order valence-corrected chi connectivity index (χ2v) is 7.98. The summed E-state index contributed by atoms with van der Waals surface area (Å²) in [5.74, 6) is 1.61. The minimum atomic E-state index is -0.800. The Kier molecular flexibility index (Phi) is 4.01. The Bertz CT molecular complexity index is 980. The van der Waals surface area contributed by atoms with E-state index in [1.54, 1.807) is 0 Å². The molecule has 1 fully saturated rings. The number of aryl methyl sites for hydroxylation is 1. The van der Waals surface area contributed by atoms with E-state index in [2.05, 4.69) is 23.5 Å². The molecule has 2 aliphatic carbocycles. The van der Waals surface area contributed by atoms with Crippen LogP contribution in [0.3, 0.4) is 0 Å². The zero-order chi connectivity index (χ0) is 19.1. The van der Waals surface area contributed by atoms with Crippen LogP contribution in [0.4, 0.5) is 0 Å². The fourth-order valence-electron chi connectivity index (χ4n) is 4.44. The van der Waals surface area contributed by atoms with Crippen molar-refractivity contribution in [1.29, 1.82) is 5.26 Å². The van der Waals surface area contributed by atoms with E-state index in [9.17, 15) is 10.1 Å². The molecule has 3 atom stereocenters. The van der Waals surface area contributed by atoms with Gasteiger partial charge in [0.05, 0.1) is 6.07 Å². The van der Waals surface area contributed by atoms with Crippen molar-refractivity contribution in [3.63, 3.8) is 0 Å². The molecule has 2 aromatic carbocycles. The highest BCUT2D eigenvalue weighted by Crippen LogP contribution is 2.49. The highest BCUT2D eigenvalue weighted by Gasteiger charge is 2.47. The van der Waals surface area contributed by atoms with Crippen LogP contribution in [0.1, 0.15) is 35.4 Å². The van der Waals surface area contributed by atoms with Gasteiger partial charge in [0.1, 0.15) is 18.8 Å². The molecule has 1 N–H and O–H groups in total. The van der Waals surface area contributed by atoms with Gasteiger partial charge in [-0.15, -0.1) is 0 Å². The van der Waals surface area contributed by atoms with Crippen molar-refractivity contribution < 1.29 is 14.3 Å². The van der Waals surface area contributed by atoms with Crippen molar-refractivity contribution in [2.24, 2.45) is 5.92 Å². The summed E-state index contributed by atoms with van der Waals surface area (Å²) in [4.78, 5) is 12.9. The van der Waals surface area contributed by atoms with Crippen molar-refractivity contribution >= 4 is 5.91 Å². The summed E-state index contributed by atoms with van der Waals surface area (Å²) in [5.41, 5.74) is 2.74. The highest BCUT2D eigenvalue weighted by atomic mass is 16.6. The van der Waals surface area contributed by atoms with Gasteiger partial charge in [0.2, 0.25) is 5.91 Å². The van der Waals surface area contributed by atoms with E-state index in [1.807, 2.05) is 30.3 Å².